The predicted molar refractivity (Wildman–Crippen MR) is 82.5 cm³/mol. The first-order valence-corrected chi connectivity index (χ1v) is 6.73. The van der Waals surface area contributed by atoms with E-state index in [1.807, 2.05) is 24.9 Å². The van der Waals surface area contributed by atoms with Gasteiger partial charge in [-0.25, -0.2) is 9.59 Å². The van der Waals surface area contributed by atoms with E-state index in [0.29, 0.717) is 5.69 Å². The molecule has 120 valence electrons. The highest BCUT2D eigenvalue weighted by Crippen LogP contribution is 2.13. The van der Waals surface area contributed by atoms with Gasteiger partial charge in [-0.2, -0.15) is 0 Å². The molecule has 1 amide bonds. The van der Waals surface area contributed by atoms with Crippen LogP contribution in [0.4, 0.5) is 5.69 Å². The van der Waals surface area contributed by atoms with Crippen LogP contribution in [0.15, 0.2) is 33.9 Å². The zero-order valence-corrected chi connectivity index (χ0v) is 12.6. The molecule has 0 spiro atoms. The quantitative estimate of drug-likeness (QED) is 0.708. The van der Waals surface area contributed by atoms with E-state index in [0.717, 1.165) is 17.2 Å². The molecule has 2 rings (SSSR count). The summed E-state index contributed by atoms with van der Waals surface area (Å²) in [6.45, 7) is 3.32. The fourth-order valence-electron chi connectivity index (χ4n) is 1.80. The van der Waals surface area contributed by atoms with Gasteiger partial charge in [0.1, 0.15) is 5.69 Å². The standard InChI is InChI=1S/C15H15N3O5/c1-8-3-4-10(5-9(8)2)16-13(20)7-23-14(21)11-6-12(19)18-15(22)17-11/h3-6H,7H2,1-2H3,(H,16,20)(H2,17,18,19,22). The van der Waals surface area contributed by atoms with Gasteiger partial charge in [-0.3, -0.25) is 14.6 Å². The molecule has 0 fully saturated rings. The number of amides is 1. The van der Waals surface area contributed by atoms with Crippen LogP contribution in [0.3, 0.4) is 0 Å². The topological polar surface area (TPSA) is 121 Å². The van der Waals surface area contributed by atoms with Crippen LogP contribution in [0.25, 0.3) is 0 Å². The molecule has 0 unspecified atom stereocenters. The number of carbonyl (C=O) groups excluding carboxylic acids is 2. The number of aromatic amines is 2. The lowest BCUT2D eigenvalue weighted by Crippen LogP contribution is -2.27. The van der Waals surface area contributed by atoms with Crippen LogP contribution in [0.2, 0.25) is 0 Å². The lowest BCUT2D eigenvalue weighted by Gasteiger charge is -2.08. The number of rotatable bonds is 4. The number of carbonyl (C=O) groups is 2. The second kappa shape index (κ2) is 6.73. The number of hydrogen-bond acceptors (Lipinski definition) is 5. The maximum Gasteiger partial charge on any atom is 0.355 e. The Bertz CT molecular complexity index is 838. The molecule has 3 N–H and O–H groups in total. The maximum absolute atomic E-state index is 11.8. The minimum atomic E-state index is -0.969. The fourth-order valence-corrected chi connectivity index (χ4v) is 1.80. The first-order valence-electron chi connectivity index (χ1n) is 6.73. The maximum atomic E-state index is 11.8. The highest BCUT2D eigenvalue weighted by atomic mass is 16.5. The van der Waals surface area contributed by atoms with Crippen LogP contribution in [-0.2, 0) is 9.53 Å². The zero-order valence-electron chi connectivity index (χ0n) is 12.6. The van der Waals surface area contributed by atoms with E-state index in [2.05, 4.69) is 10.3 Å². The Morgan fingerprint density at radius 2 is 1.83 bits per heavy atom. The molecule has 23 heavy (non-hydrogen) atoms. The number of nitrogens with one attached hydrogen (secondary N) is 3. The average molecular weight is 317 g/mol. The molecule has 0 atom stereocenters. The Morgan fingerprint density at radius 1 is 1.09 bits per heavy atom. The predicted octanol–water partition coefficient (Wildman–Crippen LogP) is 0.476. The van der Waals surface area contributed by atoms with E-state index in [9.17, 15) is 19.2 Å². The van der Waals surface area contributed by atoms with Crippen molar-refractivity contribution in [1.29, 1.82) is 0 Å². The molecule has 0 aliphatic rings. The third kappa shape index (κ3) is 4.40. The molecule has 2 aromatic rings. The minimum Gasteiger partial charge on any atom is -0.451 e. The first kappa shape index (κ1) is 16.2. The van der Waals surface area contributed by atoms with Crippen molar-refractivity contribution in [2.45, 2.75) is 13.8 Å². The second-order valence-electron chi connectivity index (χ2n) is 4.92. The van der Waals surface area contributed by atoms with Crippen LogP contribution < -0.4 is 16.6 Å². The number of hydrogen-bond donors (Lipinski definition) is 3. The summed E-state index contributed by atoms with van der Waals surface area (Å²) in [7, 11) is 0. The van der Waals surface area contributed by atoms with Crippen molar-refractivity contribution in [2.75, 3.05) is 11.9 Å². The van der Waals surface area contributed by atoms with Crippen LogP contribution in [0.5, 0.6) is 0 Å². The molecule has 1 heterocycles. The molecule has 0 bridgehead atoms. The third-order valence-corrected chi connectivity index (χ3v) is 3.11. The molecule has 0 radical (unpaired) electrons. The molecule has 1 aromatic carbocycles. The number of ether oxygens (including phenoxy) is 1. The van der Waals surface area contributed by atoms with Crippen molar-refractivity contribution in [3.05, 3.63) is 61.9 Å². The number of aryl methyl sites for hydroxylation is 2. The summed E-state index contributed by atoms with van der Waals surface area (Å²) in [6, 6.07) is 6.27. The van der Waals surface area contributed by atoms with Crippen molar-refractivity contribution in [1.82, 2.24) is 9.97 Å². The van der Waals surface area contributed by atoms with E-state index >= 15 is 0 Å². The van der Waals surface area contributed by atoms with Crippen LogP contribution in [0, 0.1) is 13.8 Å². The number of benzene rings is 1. The number of H-pyrrole nitrogens is 2. The van der Waals surface area contributed by atoms with E-state index in [4.69, 9.17) is 4.74 Å². The Kier molecular flexibility index (Phi) is 4.75. The van der Waals surface area contributed by atoms with E-state index in [-0.39, 0.29) is 5.69 Å². The summed E-state index contributed by atoms with van der Waals surface area (Å²) in [5, 5.41) is 2.58. The first-order chi connectivity index (χ1) is 10.8. The van der Waals surface area contributed by atoms with Crippen LogP contribution in [0.1, 0.15) is 21.6 Å². The third-order valence-electron chi connectivity index (χ3n) is 3.11. The van der Waals surface area contributed by atoms with Gasteiger partial charge in [0.2, 0.25) is 0 Å². The summed E-state index contributed by atoms with van der Waals surface area (Å²) in [5.41, 5.74) is 0.800. The van der Waals surface area contributed by atoms with Gasteiger partial charge in [0.25, 0.3) is 11.5 Å². The molecule has 8 nitrogen and oxygen atoms in total. The Labute approximate surface area is 130 Å². The normalized spacial score (nSPS) is 10.2. The van der Waals surface area contributed by atoms with Gasteiger partial charge >= 0.3 is 11.7 Å². The largest absolute Gasteiger partial charge is 0.451 e. The highest BCUT2D eigenvalue weighted by molar-refractivity contribution is 5.94. The van der Waals surface area contributed by atoms with Gasteiger partial charge < -0.3 is 15.0 Å². The summed E-state index contributed by atoms with van der Waals surface area (Å²) >= 11 is 0. The summed E-state index contributed by atoms with van der Waals surface area (Å²) in [5.74, 6) is -1.50. The molecular weight excluding hydrogens is 302 g/mol. The van der Waals surface area contributed by atoms with Gasteiger partial charge in [-0.1, -0.05) is 6.07 Å². The molecule has 0 aliphatic carbocycles. The van der Waals surface area contributed by atoms with Crippen molar-refractivity contribution in [3.8, 4) is 0 Å². The van der Waals surface area contributed by atoms with Crippen LogP contribution in [-0.4, -0.2) is 28.5 Å². The summed E-state index contributed by atoms with van der Waals surface area (Å²) < 4.78 is 4.75. The van der Waals surface area contributed by atoms with E-state index < -0.39 is 29.7 Å². The van der Waals surface area contributed by atoms with E-state index in [1.54, 1.807) is 12.1 Å². The number of esters is 1. The average Bonchev–Trinajstić information content (AvgIpc) is 2.47. The van der Waals surface area contributed by atoms with Crippen molar-refractivity contribution in [3.63, 3.8) is 0 Å². The fraction of sp³-hybridized carbons (Fsp3) is 0.200. The van der Waals surface area contributed by atoms with Crippen LogP contribution >= 0.6 is 0 Å². The Hall–Kier alpha value is -3.16. The highest BCUT2D eigenvalue weighted by Gasteiger charge is 2.12. The SMILES string of the molecule is Cc1ccc(NC(=O)COC(=O)c2cc(=O)[nH]c(=O)[nH]2)cc1C. The van der Waals surface area contributed by atoms with Gasteiger partial charge in [0.15, 0.2) is 6.61 Å². The zero-order chi connectivity index (χ0) is 17.0. The van der Waals surface area contributed by atoms with Crippen molar-refractivity contribution >= 4 is 17.6 Å². The lowest BCUT2D eigenvalue weighted by atomic mass is 10.1. The summed E-state index contributed by atoms with van der Waals surface area (Å²) in [4.78, 5) is 49.6. The molecule has 1 aromatic heterocycles. The Balaban J connectivity index is 1.95. The lowest BCUT2D eigenvalue weighted by molar-refractivity contribution is -0.119. The molecular formula is C15H15N3O5. The molecule has 0 aliphatic heterocycles. The van der Waals surface area contributed by atoms with Crippen molar-refractivity contribution < 1.29 is 14.3 Å². The van der Waals surface area contributed by atoms with Gasteiger partial charge in [-0.15, -0.1) is 0 Å². The molecule has 0 saturated carbocycles. The summed E-state index contributed by atoms with van der Waals surface area (Å²) in [6.07, 6.45) is 0. The van der Waals surface area contributed by atoms with E-state index in [1.165, 1.54) is 0 Å². The number of aromatic nitrogens is 2. The monoisotopic (exact) mass is 317 g/mol. The van der Waals surface area contributed by atoms with Gasteiger partial charge in [0.05, 0.1) is 0 Å². The smallest absolute Gasteiger partial charge is 0.355 e. The van der Waals surface area contributed by atoms with Gasteiger partial charge in [-0.05, 0) is 37.1 Å². The second-order valence-corrected chi connectivity index (χ2v) is 4.92. The molecule has 0 saturated heterocycles. The number of anilines is 1. The minimum absolute atomic E-state index is 0.322. The molecule has 8 heteroatoms. The van der Waals surface area contributed by atoms with Crippen molar-refractivity contribution in [2.24, 2.45) is 0 Å². The Morgan fingerprint density at radius 3 is 2.48 bits per heavy atom. The van der Waals surface area contributed by atoms with Gasteiger partial charge in [0, 0.05) is 11.8 Å².